The molecule has 1 aromatic heterocycles. The summed E-state index contributed by atoms with van der Waals surface area (Å²) >= 11 is 0. The van der Waals surface area contributed by atoms with Crippen LogP contribution in [0, 0.1) is 17.8 Å². The summed E-state index contributed by atoms with van der Waals surface area (Å²) < 4.78 is 6.35. The smallest absolute Gasteiger partial charge is 0.123 e. The molecule has 1 N–H and O–H groups in total. The van der Waals surface area contributed by atoms with E-state index in [9.17, 15) is 0 Å². The van der Waals surface area contributed by atoms with Crippen molar-refractivity contribution in [3.05, 3.63) is 24.0 Å². The van der Waals surface area contributed by atoms with Gasteiger partial charge >= 0.3 is 0 Å². The Morgan fingerprint density at radius 3 is 2.90 bits per heavy atom. The van der Waals surface area contributed by atoms with Crippen LogP contribution < -0.4 is 10.1 Å². The predicted molar refractivity (Wildman–Crippen MR) is 87.4 cm³/mol. The highest BCUT2D eigenvalue weighted by Gasteiger charge is 2.32. The van der Waals surface area contributed by atoms with E-state index in [2.05, 4.69) is 44.1 Å². The topological polar surface area (TPSA) is 34.1 Å². The van der Waals surface area contributed by atoms with E-state index < -0.39 is 0 Å². The molecule has 1 aliphatic carbocycles. The predicted octanol–water partition coefficient (Wildman–Crippen LogP) is 4.03. The van der Waals surface area contributed by atoms with Crippen molar-refractivity contribution in [1.82, 2.24) is 10.3 Å². The van der Waals surface area contributed by atoms with E-state index in [4.69, 9.17) is 4.74 Å². The number of hydrogen-bond donors (Lipinski definition) is 1. The molecular weight excluding hydrogens is 260 g/mol. The highest BCUT2D eigenvalue weighted by atomic mass is 16.5. The van der Waals surface area contributed by atoms with Gasteiger partial charge in [-0.15, -0.1) is 0 Å². The van der Waals surface area contributed by atoms with Crippen molar-refractivity contribution in [3.63, 3.8) is 0 Å². The van der Waals surface area contributed by atoms with E-state index in [1.54, 1.807) is 0 Å². The number of hydrogen-bond acceptors (Lipinski definition) is 3. The second-order valence-corrected chi connectivity index (χ2v) is 6.75. The Bertz CT molecular complexity index is 433. The van der Waals surface area contributed by atoms with Crippen LogP contribution in [0.1, 0.15) is 52.7 Å². The first-order valence-corrected chi connectivity index (χ1v) is 8.42. The lowest BCUT2D eigenvalue weighted by molar-refractivity contribution is 0.0459. The molecule has 3 heteroatoms. The molecule has 1 saturated carbocycles. The normalized spacial score (nSPS) is 26.0. The first-order valence-electron chi connectivity index (χ1n) is 8.42. The van der Waals surface area contributed by atoms with Gasteiger partial charge in [0.25, 0.3) is 0 Å². The summed E-state index contributed by atoms with van der Waals surface area (Å²) in [6.45, 7) is 10.9. The van der Waals surface area contributed by atoms with E-state index >= 15 is 0 Å². The Morgan fingerprint density at radius 1 is 1.38 bits per heavy atom. The lowest BCUT2D eigenvalue weighted by Gasteiger charge is -2.37. The molecule has 0 aromatic carbocycles. The highest BCUT2D eigenvalue weighted by molar-refractivity contribution is 5.23. The van der Waals surface area contributed by atoms with E-state index in [-0.39, 0.29) is 0 Å². The minimum atomic E-state index is 0.350. The summed E-state index contributed by atoms with van der Waals surface area (Å²) in [7, 11) is 0. The van der Waals surface area contributed by atoms with E-state index in [1.165, 1.54) is 19.3 Å². The first-order chi connectivity index (χ1) is 10.1. The molecule has 0 aliphatic heterocycles. The van der Waals surface area contributed by atoms with Gasteiger partial charge in [0.05, 0.1) is 5.69 Å². The Hall–Kier alpha value is -1.09. The maximum atomic E-state index is 6.35. The number of ether oxygens (including phenoxy) is 1. The van der Waals surface area contributed by atoms with Gasteiger partial charge in [-0.05, 0) is 43.2 Å². The molecular formula is C18H30N2O. The maximum Gasteiger partial charge on any atom is 0.123 e. The van der Waals surface area contributed by atoms with Crippen molar-refractivity contribution in [1.29, 1.82) is 0 Å². The van der Waals surface area contributed by atoms with Crippen molar-refractivity contribution >= 4 is 0 Å². The number of nitrogens with one attached hydrogen (secondary N) is 1. The average Bonchev–Trinajstić information content (AvgIpc) is 2.45. The van der Waals surface area contributed by atoms with Gasteiger partial charge in [-0.3, -0.25) is 4.98 Å². The second-order valence-electron chi connectivity index (χ2n) is 6.75. The van der Waals surface area contributed by atoms with Crippen LogP contribution >= 0.6 is 0 Å². The molecule has 3 atom stereocenters. The van der Waals surface area contributed by atoms with Gasteiger partial charge in [0, 0.05) is 18.8 Å². The molecule has 0 radical (unpaired) electrons. The Labute approximate surface area is 129 Å². The van der Waals surface area contributed by atoms with Crippen LogP contribution in [0.15, 0.2) is 18.3 Å². The summed E-state index contributed by atoms with van der Waals surface area (Å²) in [6.07, 6.45) is 6.01. The van der Waals surface area contributed by atoms with Crippen molar-refractivity contribution < 1.29 is 4.74 Å². The average molecular weight is 290 g/mol. The van der Waals surface area contributed by atoms with Gasteiger partial charge in [0.1, 0.15) is 11.9 Å². The quantitative estimate of drug-likeness (QED) is 0.859. The fraction of sp³-hybridized carbons (Fsp3) is 0.722. The van der Waals surface area contributed by atoms with E-state index in [1.807, 2.05) is 12.3 Å². The molecule has 1 fully saturated rings. The van der Waals surface area contributed by atoms with Gasteiger partial charge in [-0.25, -0.2) is 0 Å². The summed E-state index contributed by atoms with van der Waals surface area (Å²) in [5.41, 5.74) is 1.05. The number of rotatable bonds is 6. The molecule has 3 nitrogen and oxygen atoms in total. The highest BCUT2D eigenvalue weighted by Crippen LogP contribution is 2.35. The minimum Gasteiger partial charge on any atom is -0.490 e. The molecule has 3 unspecified atom stereocenters. The first kappa shape index (κ1) is 16.3. The van der Waals surface area contributed by atoms with Crippen LogP contribution in [0.4, 0.5) is 0 Å². The second kappa shape index (κ2) is 7.79. The molecule has 0 spiro atoms. The van der Waals surface area contributed by atoms with Crippen LogP contribution in [-0.4, -0.2) is 17.6 Å². The monoisotopic (exact) mass is 290 g/mol. The number of aromatic nitrogens is 1. The van der Waals surface area contributed by atoms with E-state index in [0.29, 0.717) is 17.9 Å². The molecule has 1 aliphatic rings. The number of pyridine rings is 1. The molecule has 0 bridgehead atoms. The minimum absolute atomic E-state index is 0.350. The van der Waals surface area contributed by atoms with Gasteiger partial charge in [-0.1, -0.05) is 34.1 Å². The summed E-state index contributed by atoms with van der Waals surface area (Å²) in [6, 6.07) is 4.07. The van der Waals surface area contributed by atoms with Crippen LogP contribution in [0.3, 0.4) is 0 Å². The molecule has 2 rings (SSSR count). The molecule has 1 aromatic rings. The zero-order valence-electron chi connectivity index (χ0n) is 13.9. The Kier molecular flexibility index (Phi) is 6.04. The lowest BCUT2D eigenvalue weighted by Crippen LogP contribution is -2.36. The summed E-state index contributed by atoms with van der Waals surface area (Å²) in [5.74, 6) is 3.10. The fourth-order valence-corrected chi connectivity index (χ4v) is 3.30. The van der Waals surface area contributed by atoms with Gasteiger partial charge < -0.3 is 10.1 Å². The van der Waals surface area contributed by atoms with Crippen molar-refractivity contribution in [3.8, 4) is 5.75 Å². The molecule has 0 saturated heterocycles. The number of nitrogens with zero attached hydrogens (tertiary/aromatic N) is 1. The van der Waals surface area contributed by atoms with Crippen LogP contribution in [0.2, 0.25) is 0 Å². The van der Waals surface area contributed by atoms with Crippen LogP contribution in [0.5, 0.6) is 5.75 Å². The Morgan fingerprint density at radius 2 is 2.19 bits per heavy atom. The zero-order valence-corrected chi connectivity index (χ0v) is 13.9. The third-order valence-corrected chi connectivity index (χ3v) is 4.59. The summed E-state index contributed by atoms with van der Waals surface area (Å²) in [4.78, 5) is 4.40. The SMILES string of the molecule is CCNCc1cc(OC2CC(C)CCC2C(C)C)ccn1. The van der Waals surface area contributed by atoms with Crippen LogP contribution in [0.25, 0.3) is 0 Å². The molecule has 21 heavy (non-hydrogen) atoms. The third-order valence-electron chi connectivity index (χ3n) is 4.59. The molecule has 1 heterocycles. The van der Waals surface area contributed by atoms with Crippen molar-refractivity contribution in [2.24, 2.45) is 17.8 Å². The van der Waals surface area contributed by atoms with Gasteiger partial charge in [-0.2, -0.15) is 0 Å². The van der Waals surface area contributed by atoms with E-state index in [0.717, 1.165) is 30.5 Å². The third kappa shape index (κ3) is 4.70. The zero-order chi connectivity index (χ0) is 15.2. The van der Waals surface area contributed by atoms with Crippen molar-refractivity contribution in [2.45, 2.75) is 59.6 Å². The van der Waals surface area contributed by atoms with Gasteiger partial charge in [0.15, 0.2) is 0 Å². The molecule has 118 valence electrons. The Balaban J connectivity index is 2.04. The van der Waals surface area contributed by atoms with Gasteiger partial charge in [0.2, 0.25) is 0 Å². The van der Waals surface area contributed by atoms with Crippen molar-refractivity contribution in [2.75, 3.05) is 6.54 Å². The fourth-order valence-electron chi connectivity index (χ4n) is 3.30. The standard InChI is InChI=1S/C18H30N2O/c1-5-19-12-15-11-16(8-9-20-15)21-18-10-14(4)6-7-17(18)13(2)3/h8-9,11,13-14,17-19H,5-7,10,12H2,1-4H3. The summed E-state index contributed by atoms with van der Waals surface area (Å²) in [5, 5.41) is 3.31. The largest absolute Gasteiger partial charge is 0.490 e. The maximum absolute atomic E-state index is 6.35. The van der Waals surface area contributed by atoms with Crippen LogP contribution in [-0.2, 0) is 6.54 Å². The lowest BCUT2D eigenvalue weighted by atomic mass is 9.75. The molecule has 0 amide bonds.